The van der Waals surface area contributed by atoms with Crippen LogP contribution in [0.1, 0.15) is 33.6 Å². The highest BCUT2D eigenvalue weighted by molar-refractivity contribution is 5.86. The largest absolute Gasteiger partial charge is 0.464 e. The van der Waals surface area contributed by atoms with Crippen LogP contribution in [0.4, 0.5) is 0 Å². The predicted octanol–water partition coefficient (Wildman–Crippen LogP) is 0.952. The third kappa shape index (κ3) is 0.793. The molecule has 2 saturated heterocycles. The summed E-state index contributed by atoms with van der Waals surface area (Å²) in [7, 11) is 0. The van der Waals surface area contributed by atoms with E-state index < -0.39 is 27.9 Å². The number of fused-ring (bicyclic) bond motifs is 1. The van der Waals surface area contributed by atoms with Crippen molar-refractivity contribution in [3.63, 3.8) is 0 Å². The number of carbonyl (C=O) groups is 2. The van der Waals surface area contributed by atoms with Crippen LogP contribution in [0.2, 0.25) is 0 Å². The Morgan fingerprint density at radius 3 is 2.75 bits per heavy atom. The first-order chi connectivity index (χ1) is 9.26. The van der Waals surface area contributed by atoms with Crippen LogP contribution in [0.25, 0.3) is 0 Å². The summed E-state index contributed by atoms with van der Waals surface area (Å²) in [5.41, 5.74) is -2.38. The normalized spacial score (nSPS) is 56.0. The molecule has 1 N–H and O–H groups in total. The first kappa shape index (κ1) is 12.4. The van der Waals surface area contributed by atoms with Gasteiger partial charge < -0.3 is 14.6 Å². The van der Waals surface area contributed by atoms with Crippen molar-refractivity contribution in [2.24, 2.45) is 16.2 Å². The van der Waals surface area contributed by atoms with Crippen LogP contribution >= 0.6 is 0 Å². The molecule has 1 saturated carbocycles. The van der Waals surface area contributed by atoms with Gasteiger partial charge in [0.15, 0.2) is 0 Å². The van der Waals surface area contributed by atoms with Crippen molar-refractivity contribution in [3.8, 4) is 0 Å². The Kier molecular flexibility index (Phi) is 1.83. The van der Waals surface area contributed by atoms with Gasteiger partial charge in [0.2, 0.25) is 0 Å². The molecule has 3 fully saturated rings. The first-order valence-electron chi connectivity index (χ1n) is 7.01. The molecule has 5 heteroatoms. The van der Waals surface area contributed by atoms with Crippen LogP contribution in [0.15, 0.2) is 11.6 Å². The van der Waals surface area contributed by atoms with Crippen molar-refractivity contribution in [1.82, 2.24) is 0 Å². The molecular weight excluding hydrogens is 260 g/mol. The molecule has 20 heavy (non-hydrogen) atoms. The topological polar surface area (TPSA) is 72.8 Å². The molecule has 0 aromatic heterocycles. The molecule has 4 aliphatic rings. The molecule has 0 spiro atoms. The highest BCUT2D eigenvalue weighted by Gasteiger charge is 2.88. The SMILES string of the molecule is CC1=CCC23OC(=O)CC12C(O)[C@@]1(C)C(=O)OC[C@@]31C. The van der Waals surface area contributed by atoms with Gasteiger partial charge >= 0.3 is 11.9 Å². The van der Waals surface area contributed by atoms with Gasteiger partial charge in [0.1, 0.15) is 17.6 Å². The molecule has 2 aliphatic heterocycles. The van der Waals surface area contributed by atoms with E-state index in [4.69, 9.17) is 9.47 Å². The fourth-order valence-corrected chi connectivity index (χ4v) is 5.39. The second-order valence-electron chi connectivity index (χ2n) is 7.05. The van der Waals surface area contributed by atoms with Crippen LogP contribution in [-0.4, -0.2) is 35.4 Å². The summed E-state index contributed by atoms with van der Waals surface area (Å²) < 4.78 is 11.0. The Morgan fingerprint density at radius 2 is 2.05 bits per heavy atom. The van der Waals surface area contributed by atoms with Crippen LogP contribution in [0.5, 0.6) is 0 Å². The van der Waals surface area contributed by atoms with Gasteiger partial charge in [0.05, 0.1) is 23.4 Å². The Bertz CT molecular complexity index is 595. The minimum absolute atomic E-state index is 0.148. The highest BCUT2D eigenvalue weighted by Crippen LogP contribution is 2.78. The number of aliphatic hydroxyl groups excluding tert-OH is 1. The molecule has 0 aromatic rings. The molecule has 0 bridgehead atoms. The molecule has 3 unspecified atom stereocenters. The van der Waals surface area contributed by atoms with Crippen molar-refractivity contribution in [2.45, 2.75) is 45.3 Å². The van der Waals surface area contributed by atoms with Crippen molar-refractivity contribution < 1.29 is 24.2 Å². The van der Waals surface area contributed by atoms with Gasteiger partial charge in [-0.15, -0.1) is 0 Å². The zero-order valence-corrected chi connectivity index (χ0v) is 11.9. The zero-order chi connectivity index (χ0) is 14.6. The van der Waals surface area contributed by atoms with E-state index >= 15 is 0 Å². The summed E-state index contributed by atoms with van der Waals surface area (Å²) in [5.74, 6) is -0.675. The molecule has 2 heterocycles. The van der Waals surface area contributed by atoms with E-state index in [2.05, 4.69) is 0 Å². The van der Waals surface area contributed by atoms with Gasteiger partial charge in [-0.2, -0.15) is 0 Å². The number of ether oxygens (including phenoxy) is 2. The maximum Gasteiger partial charge on any atom is 0.315 e. The van der Waals surface area contributed by atoms with E-state index in [-0.39, 0.29) is 25.0 Å². The number of carbonyl (C=O) groups excluding carboxylic acids is 2. The molecule has 5 nitrogen and oxygen atoms in total. The van der Waals surface area contributed by atoms with Gasteiger partial charge in [-0.25, -0.2) is 0 Å². The lowest BCUT2D eigenvalue weighted by Crippen LogP contribution is -2.52. The fourth-order valence-electron chi connectivity index (χ4n) is 5.39. The van der Waals surface area contributed by atoms with Gasteiger partial charge in [-0.05, 0) is 13.8 Å². The smallest absolute Gasteiger partial charge is 0.315 e. The Hall–Kier alpha value is -1.36. The second-order valence-corrected chi connectivity index (χ2v) is 7.05. The lowest BCUT2D eigenvalue weighted by Gasteiger charge is -2.43. The Balaban J connectivity index is 2.05. The quantitative estimate of drug-likeness (QED) is 0.527. The van der Waals surface area contributed by atoms with Crippen molar-refractivity contribution in [3.05, 3.63) is 11.6 Å². The molecule has 4 rings (SSSR count). The molecule has 0 radical (unpaired) electrons. The van der Waals surface area contributed by atoms with E-state index in [0.29, 0.717) is 6.42 Å². The predicted molar refractivity (Wildman–Crippen MR) is 67.4 cm³/mol. The Labute approximate surface area is 116 Å². The molecule has 108 valence electrons. The van der Waals surface area contributed by atoms with Gasteiger partial charge in [0, 0.05) is 6.42 Å². The third-order valence-electron chi connectivity index (χ3n) is 6.80. The number of aliphatic hydroxyl groups is 1. The average Bonchev–Trinajstić information content (AvgIpc) is 2.97. The summed E-state index contributed by atoms with van der Waals surface area (Å²) in [4.78, 5) is 24.3. The maximum absolute atomic E-state index is 12.3. The van der Waals surface area contributed by atoms with Crippen LogP contribution in [0.3, 0.4) is 0 Å². The standard InChI is InChI=1S/C15H18O5/c1-8-4-5-15-12(2)7-19-11(18)13(12,3)10(17)14(8,15)6-9(16)20-15/h4,10,17H,5-7H2,1-3H3/t10?,12-,13+,14?,15?/m1/s1. The van der Waals surface area contributed by atoms with Gasteiger partial charge in [-0.1, -0.05) is 18.6 Å². The summed E-state index contributed by atoms with van der Waals surface area (Å²) in [6, 6.07) is 0. The van der Waals surface area contributed by atoms with Gasteiger partial charge in [0.25, 0.3) is 0 Å². The number of hydrogen-bond acceptors (Lipinski definition) is 5. The summed E-state index contributed by atoms with van der Waals surface area (Å²) in [6.07, 6.45) is 1.77. The average molecular weight is 278 g/mol. The molecule has 0 amide bonds. The number of esters is 2. The number of hydrogen-bond donors (Lipinski definition) is 1. The summed E-state index contributed by atoms with van der Waals surface area (Å²) in [6.45, 7) is 5.77. The lowest BCUT2D eigenvalue weighted by atomic mass is 9.62. The van der Waals surface area contributed by atoms with Crippen LogP contribution in [-0.2, 0) is 19.1 Å². The lowest BCUT2D eigenvalue weighted by molar-refractivity contribution is -0.165. The van der Waals surface area contributed by atoms with Crippen LogP contribution < -0.4 is 0 Å². The monoisotopic (exact) mass is 278 g/mol. The summed E-state index contributed by atoms with van der Waals surface area (Å²) in [5, 5.41) is 11.0. The van der Waals surface area contributed by atoms with E-state index in [1.165, 1.54) is 0 Å². The number of rotatable bonds is 0. The fraction of sp³-hybridized carbons (Fsp3) is 0.733. The minimum Gasteiger partial charge on any atom is -0.464 e. The van der Waals surface area contributed by atoms with Crippen molar-refractivity contribution >= 4 is 11.9 Å². The van der Waals surface area contributed by atoms with Crippen LogP contribution in [0, 0.1) is 16.2 Å². The molecule has 0 aromatic carbocycles. The highest BCUT2D eigenvalue weighted by atomic mass is 16.6. The van der Waals surface area contributed by atoms with E-state index in [0.717, 1.165) is 5.57 Å². The molecule has 2 aliphatic carbocycles. The third-order valence-corrected chi connectivity index (χ3v) is 6.80. The first-order valence-corrected chi connectivity index (χ1v) is 7.01. The summed E-state index contributed by atoms with van der Waals surface area (Å²) >= 11 is 0. The maximum atomic E-state index is 12.3. The van der Waals surface area contributed by atoms with Crippen molar-refractivity contribution in [2.75, 3.05) is 6.61 Å². The minimum atomic E-state index is -1.02. The van der Waals surface area contributed by atoms with Gasteiger partial charge in [-0.3, -0.25) is 9.59 Å². The van der Waals surface area contributed by atoms with Crippen molar-refractivity contribution in [1.29, 1.82) is 0 Å². The molecule has 5 atom stereocenters. The second kappa shape index (κ2) is 2.96. The van der Waals surface area contributed by atoms with E-state index in [1.54, 1.807) is 6.92 Å². The Morgan fingerprint density at radius 1 is 1.35 bits per heavy atom. The van der Waals surface area contributed by atoms with E-state index in [1.807, 2.05) is 19.9 Å². The van der Waals surface area contributed by atoms with E-state index in [9.17, 15) is 14.7 Å². The number of cyclic esters (lactones) is 1. The zero-order valence-electron chi connectivity index (χ0n) is 11.9. The molecular formula is C15H18O5.